The predicted octanol–water partition coefficient (Wildman–Crippen LogP) is 0.134. The largest absolute Gasteiger partial charge is 0.468 e. The maximum absolute atomic E-state index is 10.9. The van der Waals surface area contributed by atoms with Gasteiger partial charge in [-0.1, -0.05) is 11.8 Å². The van der Waals surface area contributed by atoms with Gasteiger partial charge < -0.3 is 10.6 Å². The van der Waals surface area contributed by atoms with Gasteiger partial charge >= 0.3 is 5.97 Å². The number of methoxy groups -OCH3 is 1. The minimum absolute atomic E-state index is 0.205. The number of hydrogen-bond donors (Lipinski definition) is 1. The van der Waals surface area contributed by atoms with E-state index >= 15 is 0 Å². The van der Waals surface area contributed by atoms with Crippen LogP contribution in [0.25, 0.3) is 0 Å². The standard InChI is InChI=1S/C8H12N4O2S/c1-14-6(13)4-15-8-11-10-7(12(8)9)5-2-3-5/h5H,2-4,9H2,1H3. The predicted molar refractivity (Wildman–Crippen MR) is 54.9 cm³/mol. The summed E-state index contributed by atoms with van der Waals surface area (Å²) in [4.78, 5) is 10.9. The molecule has 7 heteroatoms. The second-order valence-corrected chi connectivity index (χ2v) is 4.29. The van der Waals surface area contributed by atoms with Gasteiger partial charge in [0.1, 0.15) is 0 Å². The first-order valence-corrected chi connectivity index (χ1v) is 5.61. The van der Waals surface area contributed by atoms with Gasteiger partial charge in [-0.25, -0.2) is 4.68 Å². The summed E-state index contributed by atoms with van der Waals surface area (Å²) in [5.41, 5.74) is 0. The Morgan fingerprint density at radius 2 is 2.40 bits per heavy atom. The molecule has 1 aliphatic rings. The molecule has 0 spiro atoms. The van der Waals surface area contributed by atoms with Crippen molar-refractivity contribution in [3.8, 4) is 0 Å². The summed E-state index contributed by atoms with van der Waals surface area (Å²) < 4.78 is 5.98. The zero-order valence-corrected chi connectivity index (χ0v) is 9.16. The molecule has 1 aromatic rings. The van der Waals surface area contributed by atoms with E-state index in [1.807, 2.05) is 0 Å². The first-order chi connectivity index (χ1) is 7.22. The van der Waals surface area contributed by atoms with E-state index in [9.17, 15) is 4.79 Å². The molecule has 0 aromatic carbocycles. The van der Waals surface area contributed by atoms with Gasteiger partial charge in [0.05, 0.1) is 12.9 Å². The van der Waals surface area contributed by atoms with E-state index in [0.29, 0.717) is 11.1 Å². The van der Waals surface area contributed by atoms with Crippen LogP contribution >= 0.6 is 11.8 Å². The molecule has 1 fully saturated rings. The fraction of sp³-hybridized carbons (Fsp3) is 0.625. The molecule has 82 valence electrons. The van der Waals surface area contributed by atoms with Gasteiger partial charge in [-0.15, -0.1) is 10.2 Å². The van der Waals surface area contributed by atoms with E-state index in [0.717, 1.165) is 18.7 Å². The molecule has 1 aliphatic carbocycles. The highest BCUT2D eigenvalue weighted by molar-refractivity contribution is 7.99. The molecule has 2 N–H and O–H groups in total. The molecule has 15 heavy (non-hydrogen) atoms. The lowest BCUT2D eigenvalue weighted by Crippen LogP contribution is -2.14. The topological polar surface area (TPSA) is 83.0 Å². The zero-order valence-electron chi connectivity index (χ0n) is 8.34. The fourth-order valence-corrected chi connectivity index (χ4v) is 1.89. The Balaban J connectivity index is 1.99. The van der Waals surface area contributed by atoms with E-state index in [-0.39, 0.29) is 11.7 Å². The van der Waals surface area contributed by atoms with Crippen molar-refractivity contribution in [2.75, 3.05) is 18.7 Å². The minimum Gasteiger partial charge on any atom is -0.468 e. The smallest absolute Gasteiger partial charge is 0.316 e. The number of nitrogen functional groups attached to an aromatic ring is 1. The lowest BCUT2D eigenvalue weighted by molar-refractivity contribution is -0.137. The summed E-state index contributed by atoms with van der Waals surface area (Å²) >= 11 is 1.24. The molecule has 0 amide bonds. The Morgan fingerprint density at radius 1 is 1.67 bits per heavy atom. The van der Waals surface area contributed by atoms with Gasteiger partial charge in [0.15, 0.2) is 5.82 Å². The van der Waals surface area contributed by atoms with Crippen molar-refractivity contribution in [2.24, 2.45) is 0 Å². The van der Waals surface area contributed by atoms with Gasteiger partial charge in [0, 0.05) is 5.92 Å². The number of nitrogens with two attached hydrogens (primary N) is 1. The van der Waals surface area contributed by atoms with Crippen molar-refractivity contribution >= 4 is 17.7 Å². The molecular formula is C8H12N4O2S. The molecule has 0 atom stereocenters. The second kappa shape index (κ2) is 4.09. The fourth-order valence-electron chi connectivity index (χ4n) is 1.19. The maximum atomic E-state index is 10.9. The highest BCUT2D eigenvalue weighted by Crippen LogP contribution is 2.39. The number of aromatic nitrogens is 3. The molecule has 1 saturated carbocycles. The second-order valence-electron chi connectivity index (χ2n) is 3.35. The normalized spacial score (nSPS) is 15.3. The zero-order chi connectivity index (χ0) is 10.8. The molecule has 2 rings (SSSR count). The summed E-state index contributed by atoms with van der Waals surface area (Å²) in [5.74, 6) is 6.96. The average molecular weight is 228 g/mol. The van der Waals surface area contributed by atoms with Crippen molar-refractivity contribution in [3.05, 3.63) is 5.82 Å². The summed E-state index contributed by atoms with van der Waals surface area (Å²) in [6.45, 7) is 0. The lowest BCUT2D eigenvalue weighted by atomic mass is 10.4. The Labute approximate surface area is 91.2 Å². The van der Waals surface area contributed by atoms with E-state index in [4.69, 9.17) is 5.84 Å². The third kappa shape index (κ3) is 2.23. The Bertz CT molecular complexity index is 375. The quantitative estimate of drug-likeness (QED) is 0.448. The van der Waals surface area contributed by atoms with E-state index in [1.165, 1.54) is 23.5 Å². The Morgan fingerprint density at radius 3 is 3.00 bits per heavy atom. The van der Waals surface area contributed by atoms with E-state index < -0.39 is 0 Å². The van der Waals surface area contributed by atoms with Crippen LogP contribution in [-0.4, -0.2) is 33.7 Å². The SMILES string of the molecule is COC(=O)CSc1nnc(C2CC2)n1N. The van der Waals surface area contributed by atoms with Crippen molar-refractivity contribution in [3.63, 3.8) is 0 Å². The van der Waals surface area contributed by atoms with E-state index in [2.05, 4.69) is 14.9 Å². The molecule has 0 aliphatic heterocycles. The lowest BCUT2D eigenvalue weighted by Gasteiger charge is -2.01. The number of thioether (sulfide) groups is 1. The molecule has 1 aromatic heterocycles. The first-order valence-electron chi connectivity index (χ1n) is 4.62. The van der Waals surface area contributed by atoms with Gasteiger partial charge in [-0.2, -0.15) is 0 Å². The number of nitrogens with zero attached hydrogens (tertiary/aromatic N) is 3. The molecule has 0 saturated heterocycles. The van der Waals surface area contributed by atoms with Crippen LogP contribution in [0.3, 0.4) is 0 Å². The van der Waals surface area contributed by atoms with Crippen LogP contribution in [0.4, 0.5) is 0 Å². The monoisotopic (exact) mass is 228 g/mol. The summed E-state index contributed by atoms with van der Waals surface area (Å²) in [5, 5.41) is 8.48. The Hall–Kier alpha value is -1.24. The van der Waals surface area contributed by atoms with Gasteiger partial charge in [-0.3, -0.25) is 4.79 Å². The average Bonchev–Trinajstić information content (AvgIpc) is 3.01. The van der Waals surface area contributed by atoms with Crippen molar-refractivity contribution < 1.29 is 9.53 Å². The van der Waals surface area contributed by atoms with Crippen LogP contribution in [-0.2, 0) is 9.53 Å². The summed E-state index contributed by atoms with van der Waals surface area (Å²) in [6, 6.07) is 0. The van der Waals surface area contributed by atoms with Crippen molar-refractivity contribution in [2.45, 2.75) is 23.9 Å². The molecular weight excluding hydrogens is 216 g/mol. The number of esters is 1. The molecule has 0 radical (unpaired) electrons. The molecule has 0 unspecified atom stereocenters. The number of ether oxygens (including phenoxy) is 1. The maximum Gasteiger partial charge on any atom is 0.316 e. The van der Waals surface area contributed by atoms with Crippen LogP contribution in [0, 0.1) is 0 Å². The third-order valence-corrected chi connectivity index (χ3v) is 3.10. The highest BCUT2D eigenvalue weighted by Gasteiger charge is 2.29. The van der Waals surface area contributed by atoms with Crippen LogP contribution in [0.15, 0.2) is 5.16 Å². The van der Waals surface area contributed by atoms with Crippen LogP contribution in [0.1, 0.15) is 24.6 Å². The van der Waals surface area contributed by atoms with Gasteiger partial charge in [0.2, 0.25) is 5.16 Å². The number of rotatable bonds is 4. The number of carbonyl (C=O) groups excluding carboxylic acids is 1. The first kappa shape index (κ1) is 10.3. The summed E-state index contributed by atoms with van der Waals surface area (Å²) in [6.07, 6.45) is 2.24. The van der Waals surface area contributed by atoms with Crippen LogP contribution in [0.2, 0.25) is 0 Å². The van der Waals surface area contributed by atoms with Gasteiger partial charge in [0.25, 0.3) is 0 Å². The minimum atomic E-state index is -0.295. The van der Waals surface area contributed by atoms with Crippen LogP contribution in [0.5, 0.6) is 0 Å². The molecule has 6 nitrogen and oxygen atoms in total. The van der Waals surface area contributed by atoms with Crippen molar-refractivity contribution in [1.82, 2.24) is 14.9 Å². The highest BCUT2D eigenvalue weighted by atomic mass is 32.2. The molecule has 0 bridgehead atoms. The number of carbonyl (C=O) groups is 1. The molecule has 1 heterocycles. The third-order valence-electron chi connectivity index (χ3n) is 2.18. The van der Waals surface area contributed by atoms with Gasteiger partial charge in [-0.05, 0) is 12.8 Å². The Kier molecular flexibility index (Phi) is 2.81. The van der Waals surface area contributed by atoms with Crippen molar-refractivity contribution in [1.29, 1.82) is 0 Å². The summed E-state index contributed by atoms with van der Waals surface area (Å²) in [7, 11) is 1.35. The van der Waals surface area contributed by atoms with E-state index in [1.54, 1.807) is 0 Å². The number of hydrogen-bond acceptors (Lipinski definition) is 6. The van der Waals surface area contributed by atoms with Crippen LogP contribution < -0.4 is 5.84 Å².